The summed E-state index contributed by atoms with van der Waals surface area (Å²) in [5.41, 5.74) is 0. The Kier molecular flexibility index (Phi) is 29.3. The number of nitrogens with one attached hydrogen (secondary N) is 1. The molecular weight excluding hydrogens is 622 g/mol. The van der Waals surface area contributed by atoms with E-state index in [-0.39, 0.29) is 12.5 Å². The summed E-state index contributed by atoms with van der Waals surface area (Å²) in [7, 11) is 0. The molecule has 9 heteroatoms. The van der Waals surface area contributed by atoms with Crippen LogP contribution in [-0.4, -0.2) is 87.5 Å². The fourth-order valence-electron chi connectivity index (χ4n) is 6.21. The minimum atomic E-state index is -1.56. The highest BCUT2D eigenvalue weighted by Crippen LogP contribution is 2.22. The van der Waals surface area contributed by atoms with Crippen molar-refractivity contribution in [2.75, 3.05) is 13.2 Å². The van der Waals surface area contributed by atoms with Crippen molar-refractivity contribution in [1.82, 2.24) is 5.32 Å². The van der Waals surface area contributed by atoms with Gasteiger partial charge in [0.1, 0.15) is 24.4 Å². The molecule has 6 N–H and O–H groups in total. The Labute approximate surface area is 298 Å². The number of carbonyl (C=O) groups excluding carboxylic acids is 1. The molecule has 0 aromatic carbocycles. The molecule has 7 atom stereocenters. The van der Waals surface area contributed by atoms with Crippen LogP contribution < -0.4 is 5.32 Å². The quantitative estimate of drug-likeness (QED) is 0.0320. The minimum absolute atomic E-state index is 0.185. The number of carbonyl (C=O) groups is 1. The van der Waals surface area contributed by atoms with E-state index in [1.165, 1.54) is 109 Å². The molecule has 0 saturated carbocycles. The summed E-state index contributed by atoms with van der Waals surface area (Å²) < 4.78 is 11.1. The molecule has 49 heavy (non-hydrogen) atoms. The van der Waals surface area contributed by atoms with Crippen LogP contribution in [-0.2, 0) is 14.3 Å². The maximum absolute atomic E-state index is 12.8. The molecule has 1 heterocycles. The zero-order valence-corrected chi connectivity index (χ0v) is 31.2. The zero-order chi connectivity index (χ0) is 36.0. The van der Waals surface area contributed by atoms with Crippen LogP contribution >= 0.6 is 0 Å². The van der Waals surface area contributed by atoms with E-state index in [4.69, 9.17) is 9.47 Å². The topological polar surface area (TPSA) is 149 Å². The molecule has 1 amide bonds. The van der Waals surface area contributed by atoms with E-state index in [0.29, 0.717) is 6.42 Å². The van der Waals surface area contributed by atoms with E-state index in [0.717, 1.165) is 38.5 Å². The second-order valence-corrected chi connectivity index (χ2v) is 14.1. The Hall–Kier alpha value is -1.33. The van der Waals surface area contributed by atoms with Crippen LogP contribution in [0.1, 0.15) is 168 Å². The summed E-state index contributed by atoms with van der Waals surface area (Å²) in [6.45, 7) is 3.69. The first kappa shape index (κ1) is 45.7. The lowest BCUT2D eigenvalue weighted by molar-refractivity contribution is -0.302. The lowest BCUT2D eigenvalue weighted by atomic mass is 9.99. The summed E-state index contributed by atoms with van der Waals surface area (Å²) >= 11 is 0. The summed E-state index contributed by atoms with van der Waals surface area (Å²) in [5.74, 6) is -0.185. The first-order valence-electron chi connectivity index (χ1n) is 20.1. The summed E-state index contributed by atoms with van der Waals surface area (Å²) in [6.07, 6.45) is 28.1. The van der Waals surface area contributed by atoms with Crippen molar-refractivity contribution < 1.29 is 39.8 Å². The standard InChI is InChI=1S/C40H75NO8/c1-3-5-7-9-11-12-13-14-15-16-17-18-19-20-21-22-24-26-28-30-36(44)41-33(34(43)29-27-25-23-10-8-6-4-2)32-48-40-39(47)38(46)37(45)35(31-42)49-40/h14-15,27,29,33-35,37-40,42-43,45-47H,3-13,16-26,28,30-32H2,1-2H3,(H,41,44)/b15-14-,29-27+. The van der Waals surface area contributed by atoms with Gasteiger partial charge in [-0.15, -0.1) is 0 Å². The average molecular weight is 698 g/mol. The van der Waals surface area contributed by atoms with Gasteiger partial charge in [-0.2, -0.15) is 0 Å². The normalized spacial score (nSPS) is 22.6. The third-order valence-electron chi connectivity index (χ3n) is 9.52. The van der Waals surface area contributed by atoms with Crippen LogP contribution in [0.4, 0.5) is 0 Å². The first-order chi connectivity index (χ1) is 23.8. The highest BCUT2D eigenvalue weighted by atomic mass is 16.7. The first-order valence-corrected chi connectivity index (χ1v) is 20.1. The van der Waals surface area contributed by atoms with Crippen molar-refractivity contribution in [2.24, 2.45) is 0 Å². The molecule has 1 rings (SSSR count). The monoisotopic (exact) mass is 698 g/mol. The van der Waals surface area contributed by atoms with Crippen molar-refractivity contribution in [2.45, 2.75) is 211 Å². The van der Waals surface area contributed by atoms with E-state index >= 15 is 0 Å². The SMILES string of the molecule is CCCCCCC/C=C/C(O)C(COC1OC(CO)C(O)C(O)C1O)NC(=O)CCCCCCCCCCC/C=C\CCCCCCCC. The summed E-state index contributed by atoms with van der Waals surface area (Å²) in [4.78, 5) is 12.8. The minimum Gasteiger partial charge on any atom is -0.394 e. The molecule has 9 nitrogen and oxygen atoms in total. The van der Waals surface area contributed by atoms with E-state index in [2.05, 4.69) is 31.3 Å². The molecule has 1 saturated heterocycles. The van der Waals surface area contributed by atoms with E-state index in [9.17, 15) is 30.3 Å². The van der Waals surface area contributed by atoms with Gasteiger partial charge < -0.3 is 40.3 Å². The van der Waals surface area contributed by atoms with Gasteiger partial charge in [0.05, 0.1) is 25.4 Å². The third-order valence-corrected chi connectivity index (χ3v) is 9.52. The zero-order valence-electron chi connectivity index (χ0n) is 31.2. The van der Waals surface area contributed by atoms with Crippen molar-refractivity contribution >= 4 is 5.91 Å². The number of aliphatic hydroxyl groups is 5. The van der Waals surface area contributed by atoms with Crippen molar-refractivity contribution in [3.63, 3.8) is 0 Å². The molecule has 0 radical (unpaired) electrons. The molecule has 0 aromatic rings. The number of amides is 1. The Balaban J connectivity index is 2.31. The van der Waals surface area contributed by atoms with Crippen LogP contribution in [0.3, 0.4) is 0 Å². The molecule has 0 aromatic heterocycles. The van der Waals surface area contributed by atoms with Gasteiger partial charge in [0.2, 0.25) is 5.91 Å². The third kappa shape index (κ3) is 23.0. The largest absolute Gasteiger partial charge is 0.394 e. The van der Waals surface area contributed by atoms with Gasteiger partial charge >= 0.3 is 0 Å². The molecular formula is C40H75NO8. The molecule has 1 fully saturated rings. The number of allylic oxidation sites excluding steroid dienone is 3. The van der Waals surface area contributed by atoms with Gasteiger partial charge in [0, 0.05) is 6.42 Å². The van der Waals surface area contributed by atoms with Crippen LogP contribution in [0.15, 0.2) is 24.3 Å². The second kappa shape index (κ2) is 31.4. The lowest BCUT2D eigenvalue weighted by Gasteiger charge is -2.40. The van der Waals surface area contributed by atoms with Crippen LogP contribution in [0.2, 0.25) is 0 Å². The molecule has 0 spiro atoms. The van der Waals surface area contributed by atoms with E-state index in [1.54, 1.807) is 6.08 Å². The van der Waals surface area contributed by atoms with Crippen LogP contribution in [0.25, 0.3) is 0 Å². The van der Waals surface area contributed by atoms with Crippen molar-refractivity contribution in [1.29, 1.82) is 0 Å². The Morgan fingerprint density at radius 3 is 1.65 bits per heavy atom. The van der Waals surface area contributed by atoms with Gasteiger partial charge in [-0.1, -0.05) is 141 Å². The number of aliphatic hydroxyl groups excluding tert-OH is 5. The molecule has 7 unspecified atom stereocenters. The molecule has 288 valence electrons. The predicted octanol–water partition coefficient (Wildman–Crippen LogP) is 7.16. The number of unbranched alkanes of at least 4 members (excludes halogenated alkanes) is 20. The Morgan fingerprint density at radius 2 is 1.14 bits per heavy atom. The highest BCUT2D eigenvalue weighted by molar-refractivity contribution is 5.76. The highest BCUT2D eigenvalue weighted by Gasteiger charge is 2.44. The van der Waals surface area contributed by atoms with E-state index < -0.39 is 49.5 Å². The van der Waals surface area contributed by atoms with Gasteiger partial charge in [0.25, 0.3) is 0 Å². The molecule has 1 aliphatic heterocycles. The van der Waals surface area contributed by atoms with E-state index in [1.807, 2.05) is 6.08 Å². The number of ether oxygens (including phenoxy) is 2. The fourth-order valence-corrected chi connectivity index (χ4v) is 6.21. The molecule has 1 aliphatic rings. The fraction of sp³-hybridized carbons (Fsp3) is 0.875. The number of hydrogen-bond acceptors (Lipinski definition) is 8. The van der Waals surface area contributed by atoms with Gasteiger partial charge in [-0.3, -0.25) is 4.79 Å². The van der Waals surface area contributed by atoms with Gasteiger partial charge in [0.15, 0.2) is 6.29 Å². The average Bonchev–Trinajstić information content (AvgIpc) is 3.10. The Bertz CT molecular complexity index is 822. The maximum atomic E-state index is 12.8. The van der Waals surface area contributed by atoms with Gasteiger partial charge in [-0.05, 0) is 44.9 Å². The predicted molar refractivity (Wildman–Crippen MR) is 198 cm³/mol. The van der Waals surface area contributed by atoms with Crippen LogP contribution in [0.5, 0.6) is 0 Å². The smallest absolute Gasteiger partial charge is 0.220 e. The number of rotatable bonds is 32. The summed E-state index contributed by atoms with van der Waals surface area (Å²) in [6, 6.07) is -0.799. The second-order valence-electron chi connectivity index (χ2n) is 14.1. The van der Waals surface area contributed by atoms with Crippen LogP contribution in [0, 0.1) is 0 Å². The van der Waals surface area contributed by atoms with Gasteiger partial charge in [-0.25, -0.2) is 0 Å². The van der Waals surface area contributed by atoms with Crippen molar-refractivity contribution in [3.8, 4) is 0 Å². The Morgan fingerprint density at radius 1 is 0.673 bits per heavy atom. The lowest BCUT2D eigenvalue weighted by Crippen LogP contribution is -2.60. The molecule has 0 bridgehead atoms. The maximum Gasteiger partial charge on any atom is 0.220 e. The molecule has 0 aliphatic carbocycles. The van der Waals surface area contributed by atoms with Crippen molar-refractivity contribution in [3.05, 3.63) is 24.3 Å². The number of hydrogen-bond donors (Lipinski definition) is 6. The summed E-state index contributed by atoms with van der Waals surface area (Å²) in [5, 5.41) is 53.7.